The van der Waals surface area contributed by atoms with Crippen LogP contribution in [0.4, 0.5) is 11.5 Å². The summed E-state index contributed by atoms with van der Waals surface area (Å²) in [7, 11) is 0. The second-order valence-electron chi connectivity index (χ2n) is 19.3. The summed E-state index contributed by atoms with van der Waals surface area (Å²) in [6.07, 6.45) is 6.42. The molecule has 9 rings (SSSR count). The van der Waals surface area contributed by atoms with Gasteiger partial charge in [-0.3, -0.25) is 24.5 Å². The molecular weight excluding hydrogens is 808 g/mol. The van der Waals surface area contributed by atoms with E-state index >= 15 is 0 Å². The van der Waals surface area contributed by atoms with Gasteiger partial charge < -0.3 is 24.8 Å². The van der Waals surface area contributed by atoms with Gasteiger partial charge in [-0.1, -0.05) is 44.5 Å². The lowest BCUT2D eigenvalue weighted by atomic mass is 9.49. The van der Waals surface area contributed by atoms with Crippen LogP contribution in [0.3, 0.4) is 0 Å². The van der Waals surface area contributed by atoms with Crippen molar-refractivity contribution in [2.75, 3.05) is 55.6 Å². The summed E-state index contributed by atoms with van der Waals surface area (Å²) in [6, 6.07) is 15.7. The van der Waals surface area contributed by atoms with E-state index in [0.717, 1.165) is 87.7 Å². The molecule has 5 fully saturated rings. The van der Waals surface area contributed by atoms with Gasteiger partial charge in [0, 0.05) is 79.4 Å². The van der Waals surface area contributed by atoms with Crippen molar-refractivity contribution in [1.82, 2.24) is 35.5 Å². The monoisotopic (exact) mass is 860 g/mol. The highest BCUT2D eigenvalue weighted by Gasteiger charge is 2.64. The second kappa shape index (κ2) is 16.0. The first kappa shape index (κ1) is 41.7. The largest absolute Gasteiger partial charge is 0.489 e. The Morgan fingerprint density at radius 1 is 0.952 bits per heavy atom. The van der Waals surface area contributed by atoms with Gasteiger partial charge >= 0.3 is 0 Å². The molecule has 1 atom stereocenters. The Labute approximate surface area is 365 Å². The number of carbonyl (C=O) groups is 3. The third kappa shape index (κ3) is 7.65. The minimum Gasteiger partial charge on any atom is -0.489 e. The van der Waals surface area contributed by atoms with Gasteiger partial charge in [-0.15, -0.1) is 5.10 Å². The number of ether oxygens (including phenoxy) is 1. The van der Waals surface area contributed by atoms with Gasteiger partial charge in [0.25, 0.3) is 17.4 Å². The normalized spacial score (nSPS) is 24.5. The number of benzene rings is 2. The molecule has 2 aromatic carbocycles. The smallest absolute Gasteiger partial charge is 0.278 e. The van der Waals surface area contributed by atoms with Crippen LogP contribution in [0.5, 0.6) is 5.75 Å². The summed E-state index contributed by atoms with van der Waals surface area (Å²) < 4.78 is 7.48. The average molecular weight is 861 g/mol. The molecule has 4 saturated heterocycles. The fraction of sp³-hybridized carbons (Fsp3) is 0.522. The standard InChI is InChI=1S/C46H53ClN10O5/c1-44(2)42(45(3,4)43(44)62-32-8-5-29(23-48)34(47)22-32)51-39(59)30-6-11-37(49-24-30)55-17-13-28(14-18-55)25-54-19-15-46(16-20-54)26-56(27-46)31-7-9-33-35(21-31)52-53-57(41(33)61)36-10-12-38(58)50-40(36)60/h5-9,11,21-22,24,28,36,42-43H,10,12-20,25-27H2,1-4H3,(H,51,59)(H,50,58,60). The van der Waals surface area contributed by atoms with Gasteiger partial charge in [0.1, 0.15) is 35.3 Å². The molecule has 1 spiro atoms. The molecule has 4 aromatic rings. The number of rotatable bonds is 9. The predicted octanol–water partition coefficient (Wildman–Crippen LogP) is 5.12. The minimum atomic E-state index is -0.837. The number of fused-ring (bicyclic) bond motifs is 1. The molecule has 3 amide bonds. The van der Waals surface area contributed by atoms with E-state index in [1.165, 1.54) is 0 Å². The number of hydrogen-bond acceptors (Lipinski definition) is 12. The van der Waals surface area contributed by atoms with Crippen molar-refractivity contribution < 1.29 is 19.1 Å². The lowest BCUT2D eigenvalue weighted by Crippen LogP contribution is -2.74. The van der Waals surface area contributed by atoms with E-state index in [4.69, 9.17) is 21.3 Å². The maximum absolute atomic E-state index is 13.5. The second-order valence-corrected chi connectivity index (χ2v) is 19.7. The summed E-state index contributed by atoms with van der Waals surface area (Å²) in [5.41, 5.74) is 1.65. The molecule has 0 bridgehead atoms. The van der Waals surface area contributed by atoms with Crippen LogP contribution in [0.2, 0.25) is 5.02 Å². The Kier molecular flexibility index (Phi) is 10.7. The first-order chi connectivity index (χ1) is 29.6. The van der Waals surface area contributed by atoms with E-state index < -0.39 is 11.9 Å². The fourth-order valence-electron chi connectivity index (χ4n) is 11.1. The molecule has 6 heterocycles. The van der Waals surface area contributed by atoms with Crippen LogP contribution in [0.15, 0.2) is 59.5 Å². The molecule has 5 aliphatic rings. The number of amides is 3. The summed E-state index contributed by atoms with van der Waals surface area (Å²) >= 11 is 6.26. The van der Waals surface area contributed by atoms with Crippen LogP contribution < -0.4 is 30.7 Å². The van der Waals surface area contributed by atoms with Crippen LogP contribution >= 0.6 is 11.6 Å². The topological polar surface area (TPSA) is 179 Å². The summed E-state index contributed by atoms with van der Waals surface area (Å²) in [6.45, 7) is 15.5. The molecule has 15 nitrogen and oxygen atoms in total. The molecule has 16 heteroatoms. The van der Waals surface area contributed by atoms with E-state index in [-0.39, 0.29) is 53.2 Å². The number of anilines is 2. The highest BCUT2D eigenvalue weighted by molar-refractivity contribution is 6.31. The van der Waals surface area contributed by atoms with Crippen molar-refractivity contribution in [3.8, 4) is 11.8 Å². The van der Waals surface area contributed by atoms with Crippen molar-refractivity contribution in [2.24, 2.45) is 22.2 Å². The van der Waals surface area contributed by atoms with E-state index in [1.807, 2.05) is 24.3 Å². The van der Waals surface area contributed by atoms with Crippen molar-refractivity contribution in [3.05, 3.63) is 81.2 Å². The zero-order valence-electron chi connectivity index (χ0n) is 35.7. The number of nitrogens with zero attached hydrogens (tertiary/aromatic N) is 8. The SMILES string of the molecule is CC1(C)C(NC(=O)c2ccc(N3CCC(CN4CCC5(CC4)CN(c4ccc6c(=O)n(C7CCC(=O)NC7=O)nnc6c4)C5)CC3)nc2)C(C)(C)C1Oc1ccc(C#N)c(Cl)c1. The predicted molar refractivity (Wildman–Crippen MR) is 234 cm³/mol. The number of likely N-dealkylation sites (tertiary alicyclic amines) is 1. The zero-order valence-corrected chi connectivity index (χ0v) is 36.5. The van der Waals surface area contributed by atoms with E-state index in [0.29, 0.717) is 44.1 Å². The van der Waals surface area contributed by atoms with Gasteiger partial charge in [0.05, 0.1) is 21.5 Å². The van der Waals surface area contributed by atoms with Crippen molar-refractivity contribution in [3.63, 3.8) is 0 Å². The first-order valence-corrected chi connectivity index (χ1v) is 22.1. The molecule has 2 N–H and O–H groups in total. The van der Waals surface area contributed by atoms with Gasteiger partial charge in [0.2, 0.25) is 5.91 Å². The number of nitrogens with one attached hydrogen (secondary N) is 2. The number of piperidine rings is 3. The molecule has 2 aromatic heterocycles. The molecule has 4 aliphatic heterocycles. The Morgan fingerprint density at radius 3 is 2.35 bits per heavy atom. The molecule has 1 unspecified atom stereocenters. The minimum absolute atomic E-state index is 0.138. The van der Waals surface area contributed by atoms with E-state index in [1.54, 1.807) is 30.5 Å². The van der Waals surface area contributed by atoms with Crippen molar-refractivity contribution in [2.45, 2.75) is 84.4 Å². The van der Waals surface area contributed by atoms with Crippen molar-refractivity contribution >= 4 is 51.7 Å². The first-order valence-electron chi connectivity index (χ1n) is 21.7. The van der Waals surface area contributed by atoms with Crippen molar-refractivity contribution in [1.29, 1.82) is 5.26 Å². The molecule has 0 radical (unpaired) electrons. The number of pyridine rings is 1. The molecule has 1 aliphatic carbocycles. The summed E-state index contributed by atoms with van der Waals surface area (Å²) in [4.78, 5) is 62.7. The van der Waals surface area contributed by atoms with E-state index in [9.17, 15) is 24.4 Å². The molecule has 1 saturated carbocycles. The van der Waals surface area contributed by atoms with Gasteiger partial charge in [-0.05, 0) is 93.6 Å². The molecule has 62 heavy (non-hydrogen) atoms. The average Bonchev–Trinajstić information content (AvgIpc) is 3.24. The van der Waals surface area contributed by atoms with Crippen LogP contribution in [0.25, 0.3) is 10.9 Å². The third-order valence-corrected chi connectivity index (χ3v) is 14.7. The van der Waals surface area contributed by atoms with E-state index in [2.05, 4.69) is 69.4 Å². The quantitative estimate of drug-likeness (QED) is 0.213. The number of hydrogen-bond donors (Lipinski definition) is 2. The van der Waals surface area contributed by atoms with Gasteiger partial charge in [-0.25, -0.2) is 4.98 Å². The maximum Gasteiger partial charge on any atom is 0.278 e. The Balaban J connectivity index is 0.715. The van der Waals surface area contributed by atoms with Gasteiger partial charge in [-0.2, -0.15) is 9.94 Å². The van der Waals surface area contributed by atoms with Crippen LogP contribution in [-0.4, -0.2) is 101 Å². The maximum atomic E-state index is 13.5. The van der Waals surface area contributed by atoms with Crippen LogP contribution in [0.1, 0.15) is 88.2 Å². The molecule has 324 valence electrons. The third-order valence-electron chi connectivity index (χ3n) is 14.4. The lowest BCUT2D eigenvalue weighted by Gasteiger charge is -2.63. The molecular formula is C46H53ClN10O5. The van der Waals surface area contributed by atoms with Crippen LogP contribution in [-0.2, 0) is 9.59 Å². The number of carbonyl (C=O) groups excluding carboxylic acids is 3. The number of nitriles is 1. The number of aromatic nitrogens is 4. The highest BCUT2D eigenvalue weighted by Crippen LogP contribution is 2.55. The lowest BCUT2D eigenvalue weighted by molar-refractivity contribution is -0.164. The summed E-state index contributed by atoms with van der Waals surface area (Å²) in [5, 5.41) is 23.9. The number of imide groups is 1. The van der Waals surface area contributed by atoms with Crippen LogP contribution in [0, 0.1) is 33.5 Å². The number of halogens is 1. The highest BCUT2D eigenvalue weighted by atomic mass is 35.5. The summed E-state index contributed by atoms with van der Waals surface area (Å²) in [5.74, 6) is 1.11. The fourth-order valence-corrected chi connectivity index (χ4v) is 11.3. The van der Waals surface area contributed by atoms with Gasteiger partial charge in [0.15, 0.2) is 0 Å². The zero-order chi connectivity index (χ0) is 43.6. The Bertz CT molecular complexity index is 2500. The Morgan fingerprint density at radius 2 is 1.69 bits per heavy atom. The Hall–Kier alpha value is -5.59.